The first-order chi connectivity index (χ1) is 8.57. The lowest BCUT2D eigenvalue weighted by Crippen LogP contribution is -2.35. The Kier molecular flexibility index (Phi) is 3.12. The molecule has 4 heteroatoms. The van der Waals surface area contributed by atoms with E-state index in [1.165, 1.54) is 10.9 Å². The summed E-state index contributed by atoms with van der Waals surface area (Å²) in [6.07, 6.45) is 1.86. The average Bonchev–Trinajstić information content (AvgIpc) is 2.70. The molecule has 2 nitrogen and oxygen atoms in total. The number of benzene rings is 1. The summed E-state index contributed by atoms with van der Waals surface area (Å²) < 4.78 is 1.11. The van der Waals surface area contributed by atoms with E-state index in [0.717, 1.165) is 15.7 Å². The van der Waals surface area contributed by atoms with Crippen LogP contribution in [0.2, 0.25) is 0 Å². The molecule has 0 bridgehead atoms. The largest absolute Gasteiger partial charge is 0.296 e. The predicted octanol–water partition coefficient (Wildman–Crippen LogP) is 4.11. The van der Waals surface area contributed by atoms with Crippen LogP contribution in [0.5, 0.6) is 0 Å². The second-order valence-corrected chi connectivity index (χ2v) is 7.20. The molecule has 1 unspecified atom stereocenters. The van der Waals surface area contributed by atoms with Crippen LogP contribution >= 0.6 is 27.7 Å². The summed E-state index contributed by atoms with van der Waals surface area (Å²) in [6, 6.07) is 8.38. The molecule has 1 fully saturated rings. The number of nitrogens with zero attached hydrogens (tertiary/aromatic N) is 1. The summed E-state index contributed by atoms with van der Waals surface area (Å²) in [5, 5.41) is 5.19. The molecule has 1 N–H and O–H groups in total. The zero-order valence-electron chi connectivity index (χ0n) is 10.4. The van der Waals surface area contributed by atoms with Gasteiger partial charge in [-0.25, -0.2) is 0 Å². The lowest BCUT2D eigenvalue weighted by atomic mass is 10.1. The number of rotatable bonds is 1. The molecule has 0 saturated carbocycles. The number of thioether (sulfide) groups is 1. The summed E-state index contributed by atoms with van der Waals surface area (Å²) in [5.41, 5.74) is 2.57. The van der Waals surface area contributed by atoms with Crippen LogP contribution < -0.4 is 5.32 Å². The highest BCUT2D eigenvalue weighted by molar-refractivity contribution is 9.10. The Labute approximate surface area is 120 Å². The van der Waals surface area contributed by atoms with Gasteiger partial charge in [-0.05, 0) is 26.0 Å². The molecule has 0 aliphatic carbocycles. The quantitative estimate of drug-likeness (QED) is 0.855. The van der Waals surface area contributed by atoms with E-state index in [0.29, 0.717) is 5.37 Å². The van der Waals surface area contributed by atoms with Crippen molar-refractivity contribution in [2.75, 3.05) is 5.75 Å². The standard InChI is InChI=1S/C14H15BrN2S/c1-14(2)8-18-13(17-14)10-5-6-11(15)9-4-3-7-16-12(9)10/h3-7,13,17H,8H2,1-2H3. The van der Waals surface area contributed by atoms with Gasteiger partial charge in [0, 0.05) is 32.9 Å². The van der Waals surface area contributed by atoms with E-state index < -0.39 is 0 Å². The van der Waals surface area contributed by atoms with Crippen molar-refractivity contribution in [3.63, 3.8) is 0 Å². The van der Waals surface area contributed by atoms with Gasteiger partial charge >= 0.3 is 0 Å². The molecule has 2 aromatic rings. The Hall–Kier alpha value is -0.580. The van der Waals surface area contributed by atoms with E-state index in [1.54, 1.807) is 0 Å². The van der Waals surface area contributed by atoms with E-state index in [4.69, 9.17) is 0 Å². The maximum Gasteiger partial charge on any atom is 0.0815 e. The van der Waals surface area contributed by atoms with Crippen LogP contribution in [0.15, 0.2) is 34.9 Å². The van der Waals surface area contributed by atoms with Crippen molar-refractivity contribution in [3.05, 3.63) is 40.5 Å². The van der Waals surface area contributed by atoms with E-state index >= 15 is 0 Å². The van der Waals surface area contributed by atoms with Gasteiger partial charge in [-0.15, -0.1) is 11.8 Å². The summed E-state index contributed by atoms with van der Waals surface area (Å²) >= 11 is 5.55. The van der Waals surface area contributed by atoms with Crippen molar-refractivity contribution in [1.29, 1.82) is 0 Å². The predicted molar refractivity (Wildman–Crippen MR) is 81.9 cm³/mol. The normalized spacial score (nSPS) is 22.5. The third kappa shape index (κ3) is 2.17. The minimum absolute atomic E-state index is 0.198. The molecule has 94 valence electrons. The van der Waals surface area contributed by atoms with Crippen molar-refractivity contribution in [3.8, 4) is 0 Å². The Morgan fingerprint density at radius 1 is 1.39 bits per heavy atom. The monoisotopic (exact) mass is 322 g/mol. The Morgan fingerprint density at radius 2 is 2.22 bits per heavy atom. The Morgan fingerprint density at radius 3 is 2.94 bits per heavy atom. The lowest BCUT2D eigenvalue weighted by Gasteiger charge is -2.19. The van der Waals surface area contributed by atoms with Gasteiger partial charge in [0.2, 0.25) is 0 Å². The van der Waals surface area contributed by atoms with Gasteiger partial charge in [-0.1, -0.05) is 28.1 Å². The second-order valence-electron chi connectivity index (χ2n) is 5.26. The molecule has 1 aliphatic rings. The van der Waals surface area contributed by atoms with E-state index in [-0.39, 0.29) is 5.54 Å². The fourth-order valence-corrected chi connectivity index (χ4v) is 4.16. The van der Waals surface area contributed by atoms with Gasteiger partial charge < -0.3 is 0 Å². The van der Waals surface area contributed by atoms with Crippen molar-refractivity contribution in [1.82, 2.24) is 10.3 Å². The van der Waals surface area contributed by atoms with Crippen molar-refractivity contribution >= 4 is 38.6 Å². The number of pyridine rings is 1. The van der Waals surface area contributed by atoms with Crippen LogP contribution in [0.1, 0.15) is 24.8 Å². The van der Waals surface area contributed by atoms with Gasteiger partial charge in [0.15, 0.2) is 0 Å². The van der Waals surface area contributed by atoms with Gasteiger partial charge in [0.1, 0.15) is 0 Å². The average molecular weight is 323 g/mol. The van der Waals surface area contributed by atoms with Crippen LogP contribution in [-0.2, 0) is 0 Å². The highest BCUT2D eigenvalue weighted by Crippen LogP contribution is 2.40. The van der Waals surface area contributed by atoms with Gasteiger partial charge in [0.05, 0.1) is 10.9 Å². The van der Waals surface area contributed by atoms with Crippen LogP contribution in [-0.4, -0.2) is 16.3 Å². The molecule has 1 saturated heterocycles. The molecule has 1 aliphatic heterocycles. The Bertz CT molecular complexity index is 597. The number of nitrogens with one attached hydrogen (secondary N) is 1. The van der Waals surface area contributed by atoms with Gasteiger partial charge in [0.25, 0.3) is 0 Å². The molecule has 0 spiro atoms. The number of hydrogen-bond acceptors (Lipinski definition) is 3. The summed E-state index contributed by atoms with van der Waals surface area (Å²) in [4.78, 5) is 4.55. The smallest absolute Gasteiger partial charge is 0.0815 e. The van der Waals surface area contributed by atoms with Crippen LogP contribution in [0, 0.1) is 0 Å². The van der Waals surface area contributed by atoms with Crippen molar-refractivity contribution < 1.29 is 0 Å². The summed E-state index contributed by atoms with van der Waals surface area (Å²) in [7, 11) is 0. The molecule has 1 atom stereocenters. The summed E-state index contributed by atoms with van der Waals surface area (Å²) in [6.45, 7) is 4.49. The number of fused-ring (bicyclic) bond motifs is 1. The first-order valence-corrected chi connectivity index (χ1v) is 7.83. The van der Waals surface area contributed by atoms with Crippen molar-refractivity contribution in [2.24, 2.45) is 0 Å². The maximum absolute atomic E-state index is 4.55. The minimum atomic E-state index is 0.198. The van der Waals surface area contributed by atoms with Crippen LogP contribution in [0.4, 0.5) is 0 Å². The second kappa shape index (κ2) is 4.51. The fraction of sp³-hybridized carbons (Fsp3) is 0.357. The van der Waals surface area contributed by atoms with Crippen molar-refractivity contribution in [2.45, 2.75) is 24.8 Å². The van der Waals surface area contributed by atoms with E-state index in [2.05, 4.69) is 58.3 Å². The third-order valence-electron chi connectivity index (χ3n) is 3.16. The van der Waals surface area contributed by atoms with Gasteiger partial charge in [-0.2, -0.15) is 0 Å². The van der Waals surface area contributed by atoms with E-state index in [1.807, 2.05) is 24.0 Å². The maximum atomic E-state index is 4.55. The first kappa shape index (κ1) is 12.5. The molecule has 1 aromatic heterocycles. The molecule has 0 radical (unpaired) electrons. The zero-order valence-corrected chi connectivity index (χ0v) is 12.8. The molecule has 1 aromatic carbocycles. The van der Waals surface area contributed by atoms with Gasteiger partial charge in [-0.3, -0.25) is 10.3 Å². The third-order valence-corrected chi connectivity index (χ3v) is 5.45. The Balaban J connectivity index is 2.11. The first-order valence-electron chi connectivity index (χ1n) is 5.99. The van der Waals surface area contributed by atoms with E-state index in [9.17, 15) is 0 Å². The molecule has 3 rings (SSSR count). The SMILES string of the molecule is CC1(C)CSC(c2ccc(Br)c3cccnc23)N1. The fourth-order valence-electron chi connectivity index (χ4n) is 2.27. The van der Waals surface area contributed by atoms with Crippen LogP contribution in [0.3, 0.4) is 0 Å². The lowest BCUT2D eigenvalue weighted by molar-refractivity contribution is 0.452. The molecule has 2 heterocycles. The summed E-state index contributed by atoms with van der Waals surface area (Å²) in [5.74, 6) is 1.13. The van der Waals surface area contributed by atoms with Crippen LogP contribution in [0.25, 0.3) is 10.9 Å². The molecule has 18 heavy (non-hydrogen) atoms. The molecule has 0 amide bonds. The molecular formula is C14H15BrN2S. The molecular weight excluding hydrogens is 308 g/mol. The zero-order chi connectivity index (χ0) is 12.8. The number of halogens is 1. The number of aromatic nitrogens is 1. The number of hydrogen-bond donors (Lipinski definition) is 1. The highest BCUT2D eigenvalue weighted by Gasteiger charge is 2.32. The topological polar surface area (TPSA) is 24.9 Å². The minimum Gasteiger partial charge on any atom is -0.296 e. The highest BCUT2D eigenvalue weighted by atomic mass is 79.9.